The maximum Gasteiger partial charge on any atom is 0.344 e. The number of rotatable bonds is 4. The van der Waals surface area contributed by atoms with Crippen molar-refractivity contribution >= 4 is 11.8 Å². The molecule has 1 aromatic heterocycles. The molecule has 0 amide bonds. The van der Waals surface area contributed by atoms with Crippen LogP contribution in [-0.4, -0.2) is 20.0 Å². The number of hydrogen-bond donors (Lipinski definition) is 1. The van der Waals surface area contributed by atoms with Crippen LogP contribution in [0.15, 0.2) is 9.95 Å². The van der Waals surface area contributed by atoms with Crippen LogP contribution in [0.2, 0.25) is 0 Å². The molecule has 0 spiro atoms. The highest BCUT2D eigenvalue weighted by atomic mass is 32.2. The Morgan fingerprint density at radius 3 is 3.13 bits per heavy atom. The summed E-state index contributed by atoms with van der Waals surface area (Å²) in [6.45, 7) is 1.96. The Hall–Kier alpha value is -1.22. The Morgan fingerprint density at radius 1 is 1.80 bits per heavy atom. The smallest absolute Gasteiger partial charge is 0.267 e. The highest BCUT2D eigenvalue weighted by Gasteiger charge is 2.29. The van der Waals surface area contributed by atoms with Crippen LogP contribution in [-0.2, 0) is 0 Å². The maximum atomic E-state index is 11.4. The lowest BCUT2D eigenvalue weighted by molar-refractivity contribution is 0.641. The third-order valence-electron chi connectivity index (χ3n) is 2.27. The van der Waals surface area contributed by atoms with Gasteiger partial charge in [0, 0.05) is 17.7 Å². The first-order chi connectivity index (χ1) is 7.22. The van der Waals surface area contributed by atoms with Crippen LogP contribution in [0.5, 0.6) is 0 Å². The van der Waals surface area contributed by atoms with Gasteiger partial charge in [0.1, 0.15) is 0 Å². The molecule has 1 saturated carbocycles. The largest absolute Gasteiger partial charge is 0.344 e. The Labute approximate surface area is 91.5 Å². The van der Waals surface area contributed by atoms with Crippen molar-refractivity contribution in [1.29, 1.82) is 5.26 Å². The quantitative estimate of drug-likeness (QED) is 0.782. The third-order valence-corrected chi connectivity index (χ3v) is 3.34. The number of hydrogen-bond acceptors (Lipinski definition) is 4. The molecule has 1 unspecified atom stereocenters. The third kappa shape index (κ3) is 2.23. The van der Waals surface area contributed by atoms with Crippen LogP contribution in [0.4, 0.5) is 0 Å². The average Bonchev–Trinajstić information content (AvgIpc) is 2.94. The van der Waals surface area contributed by atoms with Crippen LogP contribution in [0.3, 0.4) is 0 Å². The van der Waals surface area contributed by atoms with Gasteiger partial charge in [-0.15, -0.1) is 5.10 Å². The second kappa shape index (κ2) is 4.11. The average molecular weight is 224 g/mol. The number of thioether (sulfide) groups is 1. The van der Waals surface area contributed by atoms with E-state index in [1.54, 1.807) is 4.57 Å². The first kappa shape index (κ1) is 10.3. The van der Waals surface area contributed by atoms with E-state index in [9.17, 15) is 4.79 Å². The summed E-state index contributed by atoms with van der Waals surface area (Å²) in [6.07, 6.45) is 2.58. The number of nitrogens with zero attached hydrogens (tertiary/aromatic N) is 3. The summed E-state index contributed by atoms with van der Waals surface area (Å²) in [5.41, 5.74) is -0.135. The predicted octanol–water partition coefficient (Wildman–Crippen LogP) is 1.30. The fourth-order valence-corrected chi connectivity index (χ4v) is 2.34. The summed E-state index contributed by atoms with van der Waals surface area (Å²) >= 11 is 1.48. The highest BCUT2D eigenvalue weighted by Crippen LogP contribution is 2.36. The molecule has 6 heteroatoms. The van der Waals surface area contributed by atoms with Crippen molar-refractivity contribution in [3.05, 3.63) is 10.5 Å². The van der Waals surface area contributed by atoms with Gasteiger partial charge in [0.2, 0.25) is 0 Å². The summed E-state index contributed by atoms with van der Waals surface area (Å²) in [6, 6.07) is 2.44. The minimum Gasteiger partial charge on any atom is -0.267 e. The van der Waals surface area contributed by atoms with E-state index in [0.717, 1.165) is 12.8 Å². The molecule has 80 valence electrons. The molecule has 1 aliphatic rings. The minimum atomic E-state index is -0.135. The van der Waals surface area contributed by atoms with Gasteiger partial charge in [-0.1, -0.05) is 18.7 Å². The van der Waals surface area contributed by atoms with Crippen molar-refractivity contribution in [2.75, 3.05) is 0 Å². The topological polar surface area (TPSA) is 74.5 Å². The van der Waals surface area contributed by atoms with Gasteiger partial charge in [-0.3, -0.25) is 4.57 Å². The highest BCUT2D eigenvalue weighted by molar-refractivity contribution is 7.99. The first-order valence-corrected chi connectivity index (χ1v) is 5.81. The van der Waals surface area contributed by atoms with Crippen molar-refractivity contribution in [1.82, 2.24) is 14.8 Å². The van der Waals surface area contributed by atoms with Crippen LogP contribution >= 0.6 is 11.8 Å². The zero-order valence-corrected chi connectivity index (χ0v) is 9.25. The fourth-order valence-electron chi connectivity index (χ4n) is 1.38. The summed E-state index contributed by atoms with van der Waals surface area (Å²) in [5.74, 6) is 0. The van der Waals surface area contributed by atoms with Gasteiger partial charge in [0.15, 0.2) is 5.16 Å². The number of aromatic nitrogens is 3. The van der Waals surface area contributed by atoms with Crippen molar-refractivity contribution in [3.63, 3.8) is 0 Å². The number of H-pyrrole nitrogens is 1. The molecule has 1 heterocycles. The van der Waals surface area contributed by atoms with E-state index in [4.69, 9.17) is 5.26 Å². The fraction of sp³-hybridized carbons (Fsp3) is 0.667. The standard InChI is InChI=1S/C9H12N4OS/c1-6(4-5-10)15-9-12-11-8(14)13(9)7-2-3-7/h6-7H,2-4H2,1H3,(H,11,14). The van der Waals surface area contributed by atoms with E-state index >= 15 is 0 Å². The minimum absolute atomic E-state index is 0.135. The second-order valence-corrected chi connectivity index (χ2v) is 5.11. The molecule has 0 aliphatic heterocycles. The van der Waals surface area contributed by atoms with Gasteiger partial charge in [0.05, 0.1) is 6.07 Å². The molecule has 5 nitrogen and oxygen atoms in total. The molecule has 1 N–H and O–H groups in total. The predicted molar refractivity (Wildman–Crippen MR) is 56.7 cm³/mol. The Balaban J connectivity index is 2.14. The molecule has 15 heavy (non-hydrogen) atoms. The van der Waals surface area contributed by atoms with Crippen LogP contribution < -0.4 is 5.69 Å². The van der Waals surface area contributed by atoms with E-state index < -0.39 is 0 Å². The van der Waals surface area contributed by atoms with Gasteiger partial charge < -0.3 is 0 Å². The van der Waals surface area contributed by atoms with Gasteiger partial charge in [-0.25, -0.2) is 9.89 Å². The van der Waals surface area contributed by atoms with Gasteiger partial charge in [-0.05, 0) is 12.8 Å². The summed E-state index contributed by atoms with van der Waals surface area (Å²) in [7, 11) is 0. The molecule has 0 bridgehead atoms. The van der Waals surface area contributed by atoms with E-state index in [1.807, 2.05) is 6.92 Å². The maximum absolute atomic E-state index is 11.4. The zero-order chi connectivity index (χ0) is 10.8. The monoisotopic (exact) mass is 224 g/mol. The molecule has 0 aromatic carbocycles. The number of nitriles is 1. The lowest BCUT2D eigenvalue weighted by Crippen LogP contribution is -2.16. The molecule has 1 aliphatic carbocycles. The van der Waals surface area contributed by atoms with Gasteiger partial charge in [-0.2, -0.15) is 5.26 Å². The lowest BCUT2D eigenvalue weighted by Gasteiger charge is -2.06. The molecule has 1 atom stereocenters. The van der Waals surface area contributed by atoms with Crippen molar-refractivity contribution in [2.45, 2.75) is 42.6 Å². The molecular formula is C9H12N4OS. The molecule has 0 radical (unpaired) electrons. The van der Waals surface area contributed by atoms with E-state index in [2.05, 4.69) is 16.3 Å². The van der Waals surface area contributed by atoms with Crippen LogP contribution in [0, 0.1) is 11.3 Å². The molecule has 2 rings (SSSR count). The summed E-state index contributed by atoms with van der Waals surface area (Å²) < 4.78 is 1.71. The normalized spacial score (nSPS) is 17.3. The number of aromatic amines is 1. The zero-order valence-electron chi connectivity index (χ0n) is 8.43. The van der Waals surface area contributed by atoms with Crippen LogP contribution in [0.1, 0.15) is 32.2 Å². The van der Waals surface area contributed by atoms with Crippen molar-refractivity contribution in [2.24, 2.45) is 0 Å². The number of nitrogens with one attached hydrogen (secondary N) is 1. The Morgan fingerprint density at radius 2 is 2.53 bits per heavy atom. The molecular weight excluding hydrogens is 212 g/mol. The SMILES string of the molecule is CC(CC#N)Sc1n[nH]c(=O)n1C1CC1. The summed E-state index contributed by atoms with van der Waals surface area (Å²) in [4.78, 5) is 11.4. The molecule has 1 fully saturated rings. The van der Waals surface area contributed by atoms with Crippen molar-refractivity contribution in [3.8, 4) is 6.07 Å². The second-order valence-electron chi connectivity index (χ2n) is 3.70. The van der Waals surface area contributed by atoms with Crippen LogP contribution in [0.25, 0.3) is 0 Å². The van der Waals surface area contributed by atoms with Crippen molar-refractivity contribution < 1.29 is 0 Å². The Bertz CT molecular complexity index is 440. The molecule has 0 saturated heterocycles. The lowest BCUT2D eigenvalue weighted by atomic mass is 10.4. The van der Waals surface area contributed by atoms with E-state index in [-0.39, 0.29) is 10.9 Å². The Kier molecular flexibility index (Phi) is 2.82. The van der Waals surface area contributed by atoms with Gasteiger partial charge in [0.25, 0.3) is 0 Å². The summed E-state index contributed by atoms with van der Waals surface area (Å²) in [5, 5.41) is 15.9. The first-order valence-electron chi connectivity index (χ1n) is 4.93. The van der Waals surface area contributed by atoms with Gasteiger partial charge >= 0.3 is 5.69 Å². The molecule has 1 aromatic rings. The van der Waals surface area contributed by atoms with E-state index in [0.29, 0.717) is 17.6 Å². The van der Waals surface area contributed by atoms with E-state index in [1.165, 1.54) is 11.8 Å².